The van der Waals surface area contributed by atoms with Gasteiger partial charge in [0.05, 0.1) is 23.8 Å². The van der Waals surface area contributed by atoms with E-state index < -0.39 is 11.6 Å². The van der Waals surface area contributed by atoms with Gasteiger partial charge in [0.1, 0.15) is 5.75 Å². The molecule has 1 aliphatic carbocycles. The fraction of sp³-hybridized carbons (Fsp3) is 0.500. The third kappa shape index (κ3) is 3.73. The van der Waals surface area contributed by atoms with E-state index in [1.807, 2.05) is 6.07 Å². The summed E-state index contributed by atoms with van der Waals surface area (Å²) in [5.41, 5.74) is 0.0592. The van der Waals surface area contributed by atoms with Gasteiger partial charge >= 0.3 is 0 Å². The van der Waals surface area contributed by atoms with Crippen molar-refractivity contribution in [1.82, 2.24) is 5.32 Å². The molecule has 5 heteroatoms. The van der Waals surface area contributed by atoms with E-state index in [1.54, 1.807) is 31.2 Å². The Morgan fingerprint density at radius 3 is 2.57 bits per heavy atom. The van der Waals surface area contributed by atoms with Crippen LogP contribution in [0.25, 0.3) is 0 Å². The normalized spacial score (nSPS) is 17.8. The molecule has 0 spiro atoms. The van der Waals surface area contributed by atoms with Crippen LogP contribution in [0.3, 0.4) is 0 Å². The van der Waals surface area contributed by atoms with Gasteiger partial charge in [-0.3, -0.25) is 4.79 Å². The van der Waals surface area contributed by atoms with Crippen LogP contribution >= 0.6 is 0 Å². The molecule has 2 rings (SSSR count). The van der Waals surface area contributed by atoms with Gasteiger partial charge < -0.3 is 15.2 Å². The van der Waals surface area contributed by atoms with Gasteiger partial charge in [0.2, 0.25) is 0 Å². The lowest BCUT2D eigenvalue weighted by atomic mass is 9.98. The number of nitrogens with zero attached hydrogens (tertiary/aromatic N) is 1. The summed E-state index contributed by atoms with van der Waals surface area (Å²) in [5, 5.41) is 21.2. The first kappa shape index (κ1) is 15.3. The summed E-state index contributed by atoms with van der Waals surface area (Å²) >= 11 is 0. The van der Waals surface area contributed by atoms with E-state index >= 15 is 0 Å². The minimum absolute atomic E-state index is 0.0394. The maximum atomic E-state index is 12.2. The van der Waals surface area contributed by atoms with Crippen LogP contribution in [-0.4, -0.2) is 29.3 Å². The van der Waals surface area contributed by atoms with Crippen molar-refractivity contribution in [3.05, 3.63) is 29.8 Å². The number of carbonyl (C=O) groups is 1. The number of hydrogen-bond donors (Lipinski definition) is 2. The fourth-order valence-electron chi connectivity index (χ4n) is 2.60. The van der Waals surface area contributed by atoms with Crippen molar-refractivity contribution in [3.8, 4) is 11.8 Å². The summed E-state index contributed by atoms with van der Waals surface area (Å²) in [7, 11) is 0. The van der Waals surface area contributed by atoms with Gasteiger partial charge in [-0.15, -0.1) is 0 Å². The second-order valence-electron chi connectivity index (χ2n) is 5.53. The summed E-state index contributed by atoms with van der Waals surface area (Å²) in [4.78, 5) is 12.2. The zero-order valence-corrected chi connectivity index (χ0v) is 12.1. The number of rotatable bonds is 5. The van der Waals surface area contributed by atoms with Crippen molar-refractivity contribution in [2.75, 3.05) is 6.61 Å². The maximum Gasteiger partial charge on any atom is 0.261 e. The van der Waals surface area contributed by atoms with Crippen molar-refractivity contribution >= 4 is 5.91 Å². The van der Waals surface area contributed by atoms with E-state index in [1.165, 1.54) is 0 Å². The standard InChI is InChI=1S/C16H20N2O3/c1-12(21-14-6-4-13(10-17)5-7-14)15(20)18-16(11-19)8-2-3-9-16/h4-7,12,19H,2-3,8-9,11H2,1H3,(H,18,20). The number of carbonyl (C=O) groups excluding carboxylic acids is 1. The number of aliphatic hydroxyl groups is 1. The molecule has 0 radical (unpaired) electrons. The van der Waals surface area contributed by atoms with Crippen molar-refractivity contribution in [1.29, 1.82) is 5.26 Å². The van der Waals surface area contributed by atoms with Gasteiger partial charge in [-0.25, -0.2) is 0 Å². The maximum absolute atomic E-state index is 12.2. The molecule has 1 aromatic rings. The lowest BCUT2D eigenvalue weighted by molar-refractivity contribution is -0.129. The number of benzene rings is 1. The number of hydrogen-bond acceptors (Lipinski definition) is 4. The molecule has 2 N–H and O–H groups in total. The van der Waals surface area contributed by atoms with Gasteiger partial charge in [0, 0.05) is 0 Å². The molecular formula is C16H20N2O3. The zero-order valence-electron chi connectivity index (χ0n) is 12.1. The minimum Gasteiger partial charge on any atom is -0.481 e. The van der Waals surface area contributed by atoms with E-state index in [-0.39, 0.29) is 12.5 Å². The van der Waals surface area contributed by atoms with Crippen LogP contribution in [0.4, 0.5) is 0 Å². The molecule has 0 saturated heterocycles. The SMILES string of the molecule is CC(Oc1ccc(C#N)cc1)C(=O)NC1(CO)CCCC1. The molecule has 1 fully saturated rings. The average molecular weight is 288 g/mol. The predicted octanol–water partition coefficient (Wildman–Crippen LogP) is 1.75. The van der Waals surface area contributed by atoms with E-state index in [9.17, 15) is 9.90 Å². The fourth-order valence-corrected chi connectivity index (χ4v) is 2.60. The molecule has 21 heavy (non-hydrogen) atoms. The highest BCUT2D eigenvalue weighted by Gasteiger charge is 2.35. The highest BCUT2D eigenvalue weighted by atomic mass is 16.5. The highest BCUT2D eigenvalue weighted by molar-refractivity contribution is 5.81. The monoisotopic (exact) mass is 288 g/mol. The minimum atomic E-state index is -0.651. The Bertz CT molecular complexity index is 527. The second kappa shape index (κ2) is 6.59. The van der Waals surface area contributed by atoms with E-state index in [2.05, 4.69) is 5.32 Å². The second-order valence-corrected chi connectivity index (χ2v) is 5.53. The quantitative estimate of drug-likeness (QED) is 0.864. The van der Waals surface area contributed by atoms with Gasteiger partial charge in [0.25, 0.3) is 5.91 Å². The first-order chi connectivity index (χ1) is 10.1. The Morgan fingerprint density at radius 2 is 2.05 bits per heavy atom. The number of aliphatic hydroxyl groups excluding tert-OH is 1. The molecular weight excluding hydrogens is 268 g/mol. The van der Waals surface area contributed by atoms with Crippen molar-refractivity contribution in [3.63, 3.8) is 0 Å². The number of nitrogens with one attached hydrogen (secondary N) is 1. The molecule has 1 atom stereocenters. The number of ether oxygens (including phenoxy) is 1. The Morgan fingerprint density at radius 1 is 1.43 bits per heavy atom. The Labute approximate surface area is 124 Å². The van der Waals surface area contributed by atoms with Gasteiger partial charge in [-0.05, 0) is 44.0 Å². The Kier molecular flexibility index (Phi) is 4.81. The summed E-state index contributed by atoms with van der Waals surface area (Å²) in [6.07, 6.45) is 3.00. The Hall–Kier alpha value is -2.06. The molecule has 1 unspecified atom stereocenters. The topological polar surface area (TPSA) is 82.3 Å². The lowest BCUT2D eigenvalue weighted by Gasteiger charge is -2.29. The van der Waals surface area contributed by atoms with Crippen LogP contribution < -0.4 is 10.1 Å². The van der Waals surface area contributed by atoms with Crippen molar-refractivity contribution in [2.45, 2.75) is 44.2 Å². The third-order valence-electron chi connectivity index (χ3n) is 3.92. The summed E-state index contributed by atoms with van der Waals surface area (Å²) < 4.78 is 5.57. The highest BCUT2D eigenvalue weighted by Crippen LogP contribution is 2.29. The Balaban J connectivity index is 1.94. The molecule has 0 aromatic heterocycles. The van der Waals surface area contributed by atoms with E-state index in [0.29, 0.717) is 11.3 Å². The van der Waals surface area contributed by atoms with Crippen molar-refractivity contribution < 1.29 is 14.6 Å². The van der Waals surface area contributed by atoms with E-state index in [4.69, 9.17) is 10.00 Å². The first-order valence-corrected chi connectivity index (χ1v) is 7.18. The van der Waals surface area contributed by atoms with Crippen LogP contribution in [-0.2, 0) is 4.79 Å². The van der Waals surface area contributed by atoms with Crippen LogP contribution in [0, 0.1) is 11.3 Å². The molecule has 5 nitrogen and oxygen atoms in total. The lowest BCUT2D eigenvalue weighted by Crippen LogP contribution is -2.52. The van der Waals surface area contributed by atoms with Crippen molar-refractivity contribution in [2.24, 2.45) is 0 Å². The smallest absolute Gasteiger partial charge is 0.261 e. The molecule has 1 amide bonds. The first-order valence-electron chi connectivity index (χ1n) is 7.18. The molecule has 0 aliphatic heterocycles. The predicted molar refractivity (Wildman–Crippen MR) is 77.7 cm³/mol. The zero-order chi connectivity index (χ0) is 15.3. The van der Waals surface area contributed by atoms with Gasteiger partial charge in [-0.1, -0.05) is 12.8 Å². The summed E-state index contributed by atoms with van der Waals surface area (Å²) in [5.74, 6) is 0.316. The molecule has 112 valence electrons. The number of amides is 1. The van der Waals surface area contributed by atoms with Crippen LogP contribution in [0.1, 0.15) is 38.2 Å². The van der Waals surface area contributed by atoms with Crippen LogP contribution in [0.2, 0.25) is 0 Å². The molecule has 1 aliphatic rings. The van der Waals surface area contributed by atoms with Crippen LogP contribution in [0.15, 0.2) is 24.3 Å². The summed E-state index contributed by atoms with van der Waals surface area (Å²) in [6.45, 7) is 1.63. The van der Waals surface area contributed by atoms with E-state index in [0.717, 1.165) is 25.7 Å². The number of nitriles is 1. The largest absolute Gasteiger partial charge is 0.481 e. The van der Waals surface area contributed by atoms with Gasteiger partial charge in [-0.2, -0.15) is 5.26 Å². The molecule has 0 bridgehead atoms. The molecule has 1 saturated carbocycles. The molecule has 0 heterocycles. The van der Waals surface area contributed by atoms with Crippen LogP contribution in [0.5, 0.6) is 5.75 Å². The van der Waals surface area contributed by atoms with Gasteiger partial charge in [0.15, 0.2) is 6.10 Å². The molecule has 1 aromatic carbocycles. The summed E-state index contributed by atoms with van der Waals surface area (Å²) in [6, 6.07) is 8.65. The average Bonchev–Trinajstić information content (AvgIpc) is 2.97. The third-order valence-corrected chi connectivity index (χ3v) is 3.92.